The van der Waals surface area contributed by atoms with E-state index in [-0.39, 0.29) is 0 Å². The molecule has 0 aliphatic rings. The molecule has 0 spiro atoms. The van der Waals surface area contributed by atoms with Gasteiger partial charge in [-0.3, -0.25) is 0 Å². The van der Waals surface area contributed by atoms with Gasteiger partial charge in [-0.15, -0.1) is 69.1 Å². The van der Waals surface area contributed by atoms with Crippen LogP contribution in [0.4, 0.5) is 0 Å². The molecule has 0 heterocycles. The Morgan fingerprint density at radius 3 is 1.19 bits per heavy atom. The van der Waals surface area contributed by atoms with Crippen molar-refractivity contribution in [2.24, 2.45) is 11.8 Å². The summed E-state index contributed by atoms with van der Waals surface area (Å²) in [4.78, 5) is 0. The Kier molecular flexibility index (Phi) is 20.5. The summed E-state index contributed by atoms with van der Waals surface area (Å²) in [5, 5.41) is 5.56. The summed E-state index contributed by atoms with van der Waals surface area (Å²) in [7, 11) is 13.4. The molecule has 0 amide bonds. The molecule has 7 heteroatoms. The summed E-state index contributed by atoms with van der Waals surface area (Å²) in [6, 6.07) is 40.7. The Hall–Kier alpha value is -1.98. The van der Waals surface area contributed by atoms with E-state index in [0.29, 0.717) is 11.8 Å². The fourth-order valence-electron chi connectivity index (χ4n) is 7.79. The van der Waals surface area contributed by atoms with E-state index in [0.717, 1.165) is 25.7 Å². The van der Waals surface area contributed by atoms with Gasteiger partial charge in [-0.1, -0.05) is 165 Å². The maximum atomic E-state index is 5.98. The van der Waals surface area contributed by atoms with Crippen LogP contribution in [0.5, 0.6) is 0 Å². The van der Waals surface area contributed by atoms with Crippen molar-refractivity contribution in [2.75, 3.05) is 0 Å². The molecule has 0 saturated carbocycles. The first-order valence-electron chi connectivity index (χ1n) is 21.0. The fraction of sp³-hybridized carbons (Fsp3) is 0.400. The Balaban J connectivity index is 0.000000236. The van der Waals surface area contributed by atoms with Crippen molar-refractivity contribution >= 4 is 63.0 Å². The topological polar surface area (TPSA) is 3.24 Å². The van der Waals surface area contributed by atoms with E-state index in [1.807, 2.05) is 0 Å². The van der Waals surface area contributed by atoms with Gasteiger partial charge in [0.25, 0.3) is 0 Å². The van der Waals surface area contributed by atoms with Gasteiger partial charge < -0.3 is 4.14 Å². The van der Waals surface area contributed by atoms with Gasteiger partial charge in [-0.05, 0) is 59.8 Å². The third kappa shape index (κ3) is 15.2. The Morgan fingerprint density at radius 2 is 0.895 bits per heavy atom. The van der Waals surface area contributed by atoms with E-state index in [1.165, 1.54) is 78.9 Å². The van der Waals surface area contributed by atoms with Gasteiger partial charge in [0, 0.05) is 0 Å². The Bertz CT molecular complexity index is 1940. The van der Waals surface area contributed by atoms with Crippen molar-refractivity contribution < 1.29 is 20.8 Å². The first-order valence-corrected chi connectivity index (χ1v) is 34.2. The van der Waals surface area contributed by atoms with Crippen molar-refractivity contribution in [1.82, 2.24) is 4.14 Å². The van der Waals surface area contributed by atoms with E-state index < -0.39 is 37.3 Å². The van der Waals surface area contributed by atoms with Crippen LogP contribution in [0.25, 0.3) is 43.8 Å². The summed E-state index contributed by atoms with van der Waals surface area (Å²) in [6.07, 6.45) is 6.98. The number of hydrogen-bond acceptors (Lipinski definition) is 1. The molecule has 0 aromatic heterocycles. The fourth-order valence-corrected chi connectivity index (χ4v) is 15.8. The molecule has 2 radical (unpaired) electrons. The number of hydrogen-bond donors (Lipinski definition) is 0. The molecule has 6 aromatic rings. The van der Waals surface area contributed by atoms with E-state index >= 15 is 0 Å². The van der Waals surface area contributed by atoms with Crippen LogP contribution in [0.15, 0.2) is 109 Å². The van der Waals surface area contributed by atoms with E-state index in [9.17, 15) is 0 Å². The molecule has 0 unspecified atom stereocenters. The van der Waals surface area contributed by atoms with E-state index in [1.54, 1.807) is 0 Å². The molecule has 0 atom stereocenters. The zero-order valence-corrected chi connectivity index (χ0v) is 43.0. The van der Waals surface area contributed by atoms with Crippen LogP contribution in [0.2, 0.25) is 39.3 Å². The number of fused-ring (bicyclic) bond motifs is 2. The first kappa shape index (κ1) is 49.4. The minimum absolute atomic E-state index is 0.702. The molecular formula is C50H68BCl2NSi2Zr. The van der Waals surface area contributed by atoms with Gasteiger partial charge in [0.05, 0.1) is 0 Å². The predicted molar refractivity (Wildman–Crippen MR) is 261 cm³/mol. The molecule has 0 fully saturated rings. The van der Waals surface area contributed by atoms with Crippen LogP contribution in [0, 0.1) is 11.8 Å². The number of rotatable bonds is 12. The summed E-state index contributed by atoms with van der Waals surface area (Å²) in [6.45, 7) is 27.3. The summed E-state index contributed by atoms with van der Waals surface area (Å²) < 4.78 is 2.15. The SMILES string of the molecule is CCCc1ccccc1-c1cccc2[cH-]c(CC(C)C)cc12.CCCc1ccccc1-c1cccc2[cH-]c(CC(C)C)cc12.[B]N([Si](C)(C)C)[Si](C)(C)C.[Cl][Zr+2][Cl]. The standard InChI is InChI=1S/2C22H25.C6H18BNSi2.2ClH.Zr/c2*1-4-8-18-9-5-6-11-20(18)21-12-7-10-19-14-17(13-16(2)3)15-22(19)21;1-9(2,3)8(7)10(4,5)6;;;/h2*5-7,9-12,14-16H,4,8,13H2,1-3H3;1-6H3;2*1H;/q2*-1;;;;+4/p-2. The van der Waals surface area contributed by atoms with Gasteiger partial charge in [0.2, 0.25) is 0 Å². The average molecular weight is 912 g/mol. The number of benzene rings is 4. The van der Waals surface area contributed by atoms with Crippen molar-refractivity contribution in [1.29, 1.82) is 0 Å². The molecular weight excluding hydrogens is 844 g/mol. The Labute approximate surface area is 370 Å². The molecule has 302 valence electrons. The predicted octanol–water partition coefficient (Wildman–Crippen LogP) is 16.2. The summed E-state index contributed by atoms with van der Waals surface area (Å²) in [5.74, 6) is 1.40. The third-order valence-electron chi connectivity index (χ3n) is 10.0. The van der Waals surface area contributed by atoms with Gasteiger partial charge in [-0.2, -0.15) is 12.1 Å². The van der Waals surface area contributed by atoms with Crippen molar-refractivity contribution in [3.05, 3.63) is 131 Å². The average Bonchev–Trinajstić information content (AvgIpc) is 3.75. The second-order valence-electron chi connectivity index (χ2n) is 18.1. The summed E-state index contributed by atoms with van der Waals surface area (Å²) in [5.41, 5.74) is 11.4. The molecule has 0 N–H and O–H groups in total. The first-order chi connectivity index (χ1) is 26.9. The van der Waals surface area contributed by atoms with Crippen LogP contribution >= 0.6 is 17.0 Å². The molecule has 6 aromatic carbocycles. The van der Waals surface area contributed by atoms with Crippen LogP contribution < -0.4 is 0 Å². The second-order valence-corrected chi connectivity index (χ2v) is 32.0. The van der Waals surface area contributed by atoms with Crippen molar-refractivity contribution in [2.45, 2.75) is 119 Å². The molecule has 0 aliphatic carbocycles. The normalized spacial score (nSPS) is 11.5. The van der Waals surface area contributed by atoms with Crippen LogP contribution in [-0.2, 0) is 46.5 Å². The van der Waals surface area contributed by atoms with Gasteiger partial charge >= 0.3 is 37.9 Å². The number of halogens is 2. The number of aryl methyl sites for hydroxylation is 2. The van der Waals surface area contributed by atoms with Crippen LogP contribution in [0.3, 0.4) is 0 Å². The Morgan fingerprint density at radius 1 is 0.561 bits per heavy atom. The van der Waals surface area contributed by atoms with E-state index in [4.69, 9.17) is 25.0 Å². The van der Waals surface area contributed by atoms with Crippen LogP contribution in [-0.4, -0.2) is 28.6 Å². The molecule has 0 saturated heterocycles. The van der Waals surface area contributed by atoms with Gasteiger partial charge in [0.15, 0.2) is 7.98 Å². The van der Waals surface area contributed by atoms with Gasteiger partial charge in [0.1, 0.15) is 16.5 Å². The van der Waals surface area contributed by atoms with Gasteiger partial charge in [-0.25, -0.2) is 0 Å². The molecule has 57 heavy (non-hydrogen) atoms. The zero-order chi connectivity index (χ0) is 42.3. The molecule has 0 aliphatic heterocycles. The van der Waals surface area contributed by atoms with E-state index in [2.05, 4.69) is 194 Å². The van der Waals surface area contributed by atoms with Crippen molar-refractivity contribution in [3.8, 4) is 22.3 Å². The molecule has 1 nitrogen and oxygen atoms in total. The third-order valence-corrected chi connectivity index (χ3v) is 16.9. The van der Waals surface area contributed by atoms with Crippen molar-refractivity contribution in [3.63, 3.8) is 0 Å². The zero-order valence-electron chi connectivity index (χ0n) is 37.1. The monoisotopic (exact) mass is 909 g/mol. The quantitative estimate of drug-likeness (QED) is 0.0873. The second kappa shape index (κ2) is 23.7. The maximum absolute atomic E-state index is 5.98. The van der Waals surface area contributed by atoms with Crippen LogP contribution in [0.1, 0.15) is 76.6 Å². The molecule has 0 bridgehead atoms. The minimum atomic E-state index is -1.22. The summed E-state index contributed by atoms with van der Waals surface area (Å²) >= 11 is -0.826. The number of nitrogens with zero attached hydrogens (tertiary/aromatic N) is 1. The molecule has 6 rings (SSSR count).